The molecule has 0 radical (unpaired) electrons. The van der Waals surface area contributed by atoms with E-state index in [9.17, 15) is 14.5 Å². The first kappa shape index (κ1) is 8.45. The lowest BCUT2D eigenvalue weighted by molar-refractivity contribution is -0.763. The largest absolute Gasteiger partial charge is 0.309 e. The van der Waals surface area contributed by atoms with Crippen molar-refractivity contribution in [1.82, 2.24) is 0 Å². The lowest BCUT2D eigenvalue weighted by Crippen LogP contribution is -2.00. The second-order valence-corrected chi connectivity index (χ2v) is 2.12. The monoisotopic (exact) mass is 171 g/mol. The van der Waals surface area contributed by atoms with E-state index in [1.807, 2.05) is 0 Å². The van der Waals surface area contributed by atoms with Crippen LogP contribution in [-0.2, 0) is 11.4 Å². The summed E-state index contributed by atoms with van der Waals surface area (Å²) in [6.45, 7) is -0.146. The Morgan fingerprint density at radius 3 is 2.50 bits per heavy atom. The molecular weight excluding hydrogens is 165 g/mol. The second kappa shape index (κ2) is 3.66. The Morgan fingerprint density at radius 2 is 2.00 bits per heavy atom. The first-order chi connectivity index (χ1) is 5.68. The number of nitrogens with zero attached hydrogens (tertiary/aromatic N) is 1. The van der Waals surface area contributed by atoms with Gasteiger partial charge in [0, 0.05) is 0 Å². The van der Waals surface area contributed by atoms with E-state index in [4.69, 9.17) is 0 Å². The molecule has 0 spiro atoms. The van der Waals surface area contributed by atoms with E-state index >= 15 is 0 Å². The molecule has 0 unspecified atom stereocenters. The van der Waals surface area contributed by atoms with Crippen molar-refractivity contribution < 1.29 is 14.3 Å². The van der Waals surface area contributed by atoms with Crippen LogP contribution < -0.4 is 0 Å². The van der Waals surface area contributed by atoms with Crippen LogP contribution in [0.15, 0.2) is 24.3 Å². The first-order valence-electron chi connectivity index (χ1n) is 3.20. The summed E-state index contributed by atoms with van der Waals surface area (Å²) in [5, 5.41) is 8.86. The van der Waals surface area contributed by atoms with Crippen molar-refractivity contribution in [2.24, 2.45) is 0 Å². The molecule has 0 aliphatic rings. The summed E-state index contributed by atoms with van der Waals surface area (Å²) in [4.78, 5) is 13.8. The molecule has 0 bridgehead atoms. The minimum Gasteiger partial charge on any atom is -0.309 e. The van der Waals surface area contributed by atoms with Gasteiger partial charge in [0.15, 0.2) is 0 Å². The van der Waals surface area contributed by atoms with E-state index in [-0.39, 0.29) is 12.4 Å². The summed E-state index contributed by atoms with van der Waals surface area (Å²) in [6.07, 6.45) is 0. The summed E-state index contributed by atoms with van der Waals surface area (Å²) in [7, 11) is 0. The third kappa shape index (κ3) is 2.53. The number of halogens is 1. The molecule has 0 aromatic heterocycles. The van der Waals surface area contributed by atoms with Crippen molar-refractivity contribution in [2.45, 2.75) is 6.61 Å². The van der Waals surface area contributed by atoms with Crippen LogP contribution in [0, 0.1) is 15.9 Å². The molecule has 0 N–H and O–H groups in total. The number of rotatable bonds is 3. The van der Waals surface area contributed by atoms with Crippen molar-refractivity contribution in [3.05, 3.63) is 45.8 Å². The molecule has 1 aromatic rings. The molecule has 0 aliphatic carbocycles. The molecule has 5 heteroatoms. The van der Waals surface area contributed by atoms with Crippen LogP contribution in [-0.4, -0.2) is 5.09 Å². The Hall–Kier alpha value is -1.65. The molecule has 0 amide bonds. The van der Waals surface area contributed by atoms with Crippen LogP contribution in [0.4, 0.5) is 4.39 Å². The van der Waals surface area contributed by atoms with Crippen LogP contribution in [0.25, 0.3) is 0 Å². The van der Waals surface area contributed by atoms with Gasteiger partial charge in [0.1, 0.15) is 12.4 Å². The lowest BCUT2D eigenvalue weighted by Gasteiger charge is -1.97. The van der Waals surface area contributed by atoms with Crippen molar-refractivity contribution >= 4 is 0 Å². The Labute approximate surface area is 67.7 Å². The average Bonchev–Trinajstić information content (AvgIpc) is 2.03. The Kier molecular flexibility index (Phi) is 2.57. The van der Waals surface area contributed by atoms with E-state index in [1.54, 1.807) is 0 Å². The molecule has 1 aromatic carbocycles. The smallest absolute Gasteiger partial charge is 0.294 e. The summed E-state index contributed by atoms with van der Waals surface area (Å²) in [5.74, 6) is -0.375. The molecule has 0 atom stereocenters. The van der Waals surface area contributed by atoms with Crippen molar-refractivity contribution in [1.29, 1.82) is 0 Å². The van der Waals surface area contributed by atoms with E-state index in [1.165, 1.54) is 24.3 Å². The Balaban J connectivity index is 2.53. The van der Waals surface area contributed by atoms with Crippen LogP contribution in [0.3, 0.4) is 0 Å². The van der Waals surface area contributed by atoms with Gasteiger partial charge in [-0.15, -0.1) is 10.1 Å². The van der Waals surface area contributed by atoms with E-state index in [0.717, 1.165) is 0 Å². The number of benzene rings is 1. The zero-order valence-electron chi connectivity index (χ0n) is 6.07. The van der Waals surface area contributed by atoms with Gasteiger partial charge in [0.25, 0.3) is 5.09 Å². The number of hydrogen-bond donors (Lipinski definition) is 0. The molecule has 0 saturated heterocycles. The minimum atomic E-state index is -0.886. The van der Waals surface area contributed by atoms with Crippen molar-refractivity contribution in [3.8, 4) is 0 Å². The van der Waals surface area contributed by atoms with Gasteiger partial charge in [-0.1, -0.05) is 12.1 Å². The van der Waals surface area contributed by atoms with Crippen LogP contribution in [0.5, 0.6) is 0 Å². The van der Waals surface area contributed by atoms with Gasteiger partial charge in [-0.25, -0.2) is 4.39 Å². The normalized spacial score (nSPS) is 9.42. The topological polar surface area (TPSA) is 52.4 Å². The van der Waals surface area contributed by atoms with Gasteiger partial charge in [-0.3, -0.25) is 0 Å². The van der Waals surface area contributed by atoms with Crippen LogP contribution in [0.2, 0.25) is 0 Å². The standard InChI is InChI=1S/C7H6FNO3/c8-7-3-1-6(2-4-7)5-12-9(10)11/h1-4H,5H2. The van der Waals surface area contributed by atoms with Gasteiger partial charge >= 0.3 is 0 Å². The van der Waals surface area contributed by atoms with Gasteiger partial charge in [0.2, 0.25) is 0 Å². The highest BCUT2D eigenvalue weighted by atomic mass is 19.1. The predicted molar refractivity (Wildman–Crippen MR) is 38.2 cm³/mol. The summed E-state index contributed by atoms with van der Waals surface area (Å²) in [6, 6.07) is 5.30. The van der Waals surface area contributed by atoms with Crippen LogP contribution >= 0.6 is 0 Å². The quantitative estimate of drug-likeness (QED) is 0.512. The maximum Gasteiger partial charge on any atom is 0.294 e. The van der Waals surface area contributed by atoms with Crippen molar-refractivity contribution in [2.75, 3.05) is 0 Å². The molecule has 4 nitrogen and oxygen atoms in total. The molecule has 0 fully saturated rings. The zero-order chi connectivity index (χ0) is 8.97. The predicted octanol–water partition coefficient (Wildman–Crippen LogP) is 1.53. The van der Waals surface area contributed by atoms with Crippen LogP contribution in [0.1, 0.15) is 5.56 Å². The van der Waals surface area contributed by atoms with Gasteiger partial charge in [0.05, 0.1) is 0 Å². The molecule has 64 valence electrons. The lowest BCUT2D eigenvalue weighted by atomic mass is 10.2. The fraction of sp³-hybridized carbons (Fsp3) is 0.143. The molecule has 0 saturated carbocycles. The summed E-state index contributed by atoms with van der Waals surface area (Å²) >= 11 is 0. The highest BCUT2D eigenvalue weighted by Crippen LogP contribution is 2.03. The third-order valence-electron chi connectivity index (χ3n) is 1.25. The summed E-state index contributed by atoms with van der Waals surface area (Å²) < 4.78 is 12.3. The Bertz CT molecular complexity index is 272. The summed E-state index contributed by atoms with van der Waals surface area (Å²) in [5.41, 5.74) is 0.563. The highest BCUT2D eigenvalue weighted by Gasteiger charge is 1.97. The number of hydrogen-bond acceptors (Lipinski definition) is 3. The molecule has 0 aliphatic heterocycles. The first-order valence-corrected chi connectivity index (χ1v) is 3.20. The molecule has 0 heterocycles. The highest BCUT2D eigenvalue weighted by molar-refractivity contribution is 5.14. The fourth-order valence-corrected chi connectivity index (χ4v) is 0.708. The average molecular weight is 171 g/mol. The van der Waals surface area contributed by atoms with Gasteiger partial charge in [-0.05, 0) is 17.7 Å². The van der Waals surface area contributed by atoms with Gasteiger partial charge < -0.3 is 4.84 Å². The Morgan fingerprint density at radius 1 is 1.42 bits per heavy atom. The van der Waals surface area contributed by atoms with E-state index in [2.05, 4.69) is 4.84 Å². The minimum absolute atomic E-state index is 0.146. The SMILES string of the molecule is O=[N+]([O-])OCc1ccc(F)cc1. The molecule has 1 rings (SSSR count). The van der Waals surface area contributed by atoms with E-state index in [0.29, 0.717) is 5.56 Å². The zero-order valence-corrected chi connectivity index (χ0v) is 6.07. The molecular formula is C7H6FNO3. The van der Waals surface area contributed by atoms with E-state index < -0.39 is 5.09 Å². The van der Waals surface area contributed by atoms with Crippen molar-refractivity contribution in [3.63, 3.8) is 0 Å². The maximum absolute atomic E-state index is 12.3. The van der Waals surface area contributed by atoms with Gasteiger partial charge in [-0.2, -0.15) is 0 Å². The third-order valence-corrected chi connectivity index (χ3v) is 1.25. The molecule has 12 heavy (non-hydrogen) atoms. The maximum atomic E-state index is 12.3. The fourth-order valence-electron chi connectivity index (χ4n) is 0.708. The second-order valence-electron chi connectivity index (χ2n) is 2.12.